The Morgan fingerprint density at radius 3 is 2.56 bits per heavy atom. The molecule has 2 N–H and O–H groups in total. The van der Waals surface area contributed by atoms with E-state index in [2.05, 4.69) is 14.6 Å². The van der Waals surface area contributed by atoms with Crippen LogP contribution in [0.5, 0.6) is 0 Å². The molecule has 0 saturated carbocycles. The van der Waals surface area contributed by atoms with E-state index in [0.29, 0.717) is 13.1 Å². The van der Waals surface area contributed by atoms with Gasteiger partial charge in [-0.3, -0.25) is 4.79 Å². The van der Waals surface area contributed by atoms with Crippen LogP contribution in [0.25, 0.3) is 0 Å². The number of sulfonamides is 1. The molecule has 0 aliphatic carbocycles. The molecule has 6 nitrogen and oxygen atoms in total. The lowest BCUT2D eigenvalue weighted by molar-refractivity contribution is 0.309. The van der Waals surface area contributed by atoms with Crippen molar-refractivity contribution in [2.75, 3.05) is 26.2 Å². The lowest BCUT2D eigenvalue weighted by Crippen LogP contribution is -2.36. The Morgan fingerprint density at radius 2 is 2.00 bits per heavy atom. The molecule has 0 unspecified atom stereocenters. The zero-order valence-electron chi connectivity index (χ0n) is 10.6. The third kappa shape index (κ3) is 3.94. The number of aromatic nitrogens is 1. The van der Waals surface area contributed by atoms with E-state index in [1.54, 1.807) is 0 Å². The number of likely N-dealkylation sites (N-methyl/N-ethyl adjacent to an activating group) is 1. The summed E-state index contributed by atoms with van der Waals surface area (Å²) in [4.78, 5) is 15.9. The van der Waals surface area contributed by atoms with Gasteiger partial charge in [0, 0.05) is 31.5 Å². The van der Waals surface area contributed by atoms with E-state index in [1.807, 2.05) is 13.8 Å². The van der Waals surface area contributed by atoms with Crippen LogP contribution in [-0.4, -0.2) is 44.5 Å². The molecule has 0 bridgehead atoms. The van der Waals surface area contributed by atoms with Gasteiger partial charge in [-0.15, -0.1) is 0 Å². The van der Waals surface area contributed by atoms with Crippen molar-refractivity contribution in [1.82, 2.24) is 14.6 Å². The summed E-state index contributed by atoms with van der Waals surface area (Å²) in [5, 5.41) is 0. The number of nitrogens with zero attached hydrogens (tertiary/aromatic N) is 1. The molecule has 1 heterocycles. The lowest BCUT2D eigenvalue weighted by Gasteiger charge is -2.17. The van der Waals surface area contributed by atoms with Gasteiger partial charge in [0.2, 0.25) is 15.5 Å². The minimum absolute atomic E-state index is 0.246. The Hall–Kier alpha value is -1.18. The van der Waals surface area contributed by atoms with Gasteiger partial charge in [-0.05, 0) is 13.1 Å². The van der Waals surface area contributed by atoms with E-state index in [4.69, 9.17) is 0 Å². The van der Waals surface area contributed by atoms with Crippen molar-refractivity contribution in [3.63, 3.8) is 0 Å². The summed E-state index contributed by atoms with van der Waals surface area (Å²) in [6, 6.07) is 1.19. The molecule has 0 atom stereocenters. The second-order valence-electron chi connectivity index (χ2n) is 3.80. The molecule has 0 aliphatic heterocycles. The lowest BCUT2D eigenvalue weighted by atomic mass is 10.5. The first-order valence-corrected chi connectivity index (χ1v) is 7.38. The fourth-order valence-electron chi connectivity index (χ4n) is 1.57. The maximum Gasteiger partial charge on any atom is 0.245 e. The quantitative estimate of drug-likeness (QED) is 0.732. The molecule has 0 aliphatic rings. The SMILES string of the molecule is CCN(CC)CCNS(=O)(=O)c1c[nH]ccc1=O. The Kier molecular flexibility index (Phi) is 5.52. The molecular formula is C11H19N3O3S. The van der Waals surface area contributed by atoms with Gasteiger partial charge in [0.25, 0.3) is 0 Å². The van der Waals surface area contributed by atoms with E-state index in [1.165, 1.54) is 18.5 Å². The van der Waals surface area contributed by atoms with Gasteiger partial charge in [-0.2, -0.15) is 0 Å². The molecule has 18 heavy (non-hydrogen) atoms. The third-order valence-corrected chi connectivity index (χ3v) is 4.17. The molecule has 0 amide bonds. The molecule has 0 saturated heterocycles. The minimum atomic E-state index is -3.72. The van der Waals surface area contributed by atoms with E-state index in [-0.39, 0.29) is 4.90 Å². The normalized spacial score (nSPS) is 11.9. The summed E-state index contributed by atoms with van der Waals surface area (Å²) >= 11 is 0. The van der Waals surface area contributed by atoms with Crippen LogP contribution in [0.3, 0.4) is 0 Å². The number of rotatable bonds is 7. The number of hydrogen-bond acceptors (Lipinski definition) is 4. The number of H-pyrrole nitrogens is 1. The summed E-state index contributed by atoms with van der Waals surface area (Å²) in [6.07, 6.45) is 2.60. The van der Waals surface area contributed by atoms with Crippen LogP contribution in [0.1, 0.15) is 13.8 Å². The van der Waals surface area contributed by atoms with Crippen molar-refractivity contribution < 1.29 is 8.42 Å². The van der Waals surface area contributed by atoms with Gasteiger partial charge in [-0.25, -0.2) is 13.1 Å². The Morgan fingerprint density at radius 1 is 1.33 bits per heavy atom. The second-order valence-corrected chi connectivity index (χ2v) is 5.53. The summed E-state index contributed by atoms with van der Waals surface area (Å²) in [6.45, 7) is 6.67. The molecule has 1 rings (SSSR count). The molecule has 1 aromatic heterocycles. The summed E-state index contributed by atoms with van der Waals surface area (Å²) < 4.78 is 26.1. The Balaban J connectivity index is 2.67. The smallest absolute Gasteiger partial charge is 0.245 e. The zero-order chi connectivity index (χ0) is 13.6. The highest BCUT2D eigenvalue weighted by atomic mass is 32.2. The fourth-order valence-corrected chi connectivity index (χ4v) is 2.64. The first-order chi connectivity index (χ1) is 8.51. The third-order valence-electron chi connectivity index (χ3n) is 2.69. The standard InChI is InChI=1S/C11H19N3O3S/c1-3-14(4-2)8-7-13-18(16,17)11-9-12-6-5-10(11)15/h5-6,9,13H,3-4,7-8H2,1-2H3,(H,12,15). The van der Waals surface area contributed by atoms with Gasteiger partial charge in [0.1, 0.15) is 4.90 Å². The summed E-state index contributed by atoms with van der Waals surface area (Å²) in [5.41, 5.74) is -0.510. The van der Waals surface area contributed by atoms with E-state index < -0.39 is 15.5 Å². The van der Waals surface area contributed by atoms with Crippen molar-refractivity contribution in [2.45, 2.75) is 18.7 Å². The fraction of sp³-hybridized carbons (Fsp3) is 0.545. The largest absolute Gasteiger partial charge is 0.366 e. The molecule has 102 valence electrons. The van der Waals surface area contributed by atoms with Crippen molar-refractivity contribution in [3.05, 3.63) is 28.7 Å². The number of nitrogens with one attached hydrogen (secondary N) is 2. The van der Waals surface area contributed by atoms with Crippen LogP contribution in [-0.2, 0) is 10.0 Å². The highest BCUT2D eigenvalue weighted by Gasteiger charge is 2.16. The maximum absolute atomic E-state index is 11.9. The van der Waals surface area contributed by atoms with Crippen LogP contribution >= 0.6 is 0 Å². The molecule has 0 fully saturated rings. The van der Waals surface area contributed by atoms with Crippen LogP contribution in [0.4, 0.5) is 0 Å². The predicted molar refractivity (Wildman–Crippen MR) is 70.0 cm³/mol. The molecular weight excluding hydrogens is 254 g/mol. The average molecular weight is 273 g/mol. The van der Waals surface area contributed by atoms with Crippen LogP contribution in [0, 0.1) is 0 Å². The highest BCUT2D eigenvalue weighted by Crippen LogP contribution is 1.99. The maximum atomic E-state index is 11.9. The van der Waals surface area contributed by atoms with Crippen molar-refractivity contribution in [1.29, 1.82) is 0 Å². The van der Waals surface area contributed by atoms with Gasteiger partial charge in [0.05, 0.1) is 0 Å². The van der Waals surface area contributed by atoms with Crippen molar-refractivity contribution in [3.8, 4) is 0 Å². The second kappa shape index (κ2) is 6.67. The topological polar surface area (TPSA) is 82.3 Å². The molecule has 0 radical (unpaired) electrons. The van der Waals surface area contributed by atoms with Crippen molar-refractivity contribution in [2.24, 2.45) is 0 Å². The van der Waals surface area contributed by atoms with E-state index in [0.717, 1.165) is 13.1 Å². The predicted octanol–water partition coefficient (Wildman–Crippen LogP) is -0.00500. The van der Waals surface area contributed by atoms with E-state index in [9.17, 15) is 13.2 Å². The first kappa shape index (κ1) is 14.9. The molecule has 0 aromatic carbocycles. The van der Waals surface area contributed by atoms with Crippen molar-refractivity contribution >= 4 is 10.0 Å². The van der Waals surface area contributed by atoms with Gasteiger partial charge < -0.3 is 9.88 Å². The van der Waals surface area contributed by atoms with Gasteiger partial charge in [-0.1, -0.05) is 13.8 Å². The van der Waals surface area contributed by atoms with Gasteiger partial charge >= 0.3 is 0 Å². The number of hydrogen-bond donors (Lipinski definition) is 2. The first-order valence-electron chi connectivity index (χ1n) is 5.90. The monoisotopic (exact) mass is 273 g/mol. The minimum Gasteiger partial charge on any atom is -0.366 e. The Bertz CT molecular complexity index is 520. The number of pyridine rings is 1. The Labute approximate surface area is 107 Å². The molecule has 0 spiro atoms. The van der Waals surface area contributed by atoms with Crippen LogP contribution in [0.2, 0.25) is 0 Å². The zero-order valence-corrected chi connectivity index (χ0v) is 11.5. The average Bonchev–Trinajstić information content (AvgIpc) is 2.35. The van der Waals surface area contributed by atoms with Gasteiger partial charge in [0.15, 0.2) is 0 Å². The highest BCUT2D eigenvalue weighted by molar-refractivity contribution is 7.89. The number of aromatic amines is 1. The van der Waals surface area contributed by atoms with Crippen LogP contribution < -0.4 is 10.2 Å². The summed E-state index contributed by atoms with van der Waals surface area (Å²) in [7, 11) is -3.72. The summed E-state index contributed by atoms with van der Waals surface area (Å²) in [5.74, 6) is 0. The molecule has 1 aromatic rings. The molecule has 7 heteroatoms. The van der Waals surface area contributed by atoms with E-state index >= 15 is 0 Å². The van der Waals surface area contributed by atoms with Crippen LogP contribution in [0.15, 0.2) is 28.2 Å².